The zero-order chi connectivity index (χ0) is 48.4. The van der Waals surface area contributed by atoms with E-state index >= 15 is 0 Å². The summed E-state index contributed by atoms with van der Waals surface area (Å²) in [5.41, 5.74) is 15.8. The number of methoxy groups -OCH3 is 2. The van der Waals surface area contributed by atoms with Gasteiger partial charge in [0.2, 0.25) is 11.9 Å². The lowest BCUT2D eigenvalue weighted by molar-refractivity contribution is 0.0524. The number of hydrogen-bond acceptors (Lipinski definition) is 11. The van der Waals surface area contributed by atoms with Crippen molar-refractivity contribution in [2.45, 2.75) is 73.1 Å². The Morgan fingerprint density at radius 3 is 1.60 bits per heavy atom. The van der Waals surface area contributed by atoms with Crippen LogP contribution in [0.25, 0.3) is 22.8 Å². The van der Waals surface area contributed by atoms with Crippen molar-refractivity contribution in [2.24, 2.45) is 14.1 Å². The molecule has 0 saturated carbocycles. The number of halogens is 2. The summed E-state index contributed by atoms with van der Waals surface area (Å²) >= 11 is 6.93. The lowest BCUT2D eigenvalue weighted by atomic mass is 9.92. The normalized spacial score (nSPS) is 12.1. The zero-order valence-electron chi connectivity index (χ0n) is 39.8. The van der Waals surface area contributed by atoms with Crippen molar-refractivity contribution in [3.8, 4) is 34.3 Å². The maximum absolute atomic E-state index is 13.8. The number of para-hydroxylation sites is 1. The molecule has 0 spiro atoms. The van der Waals surface area contributed by atoms with Crippen LogP contribution in [0, 0.1) is 13.8 Å². The van der Waals surface area contributed by atoms with Crippen LogP contribution in [0.4, 0.5) is 29.0 Å². The Balaban J connectivity index is 0.000000189. The first-order valence-electron chi connectivity index (χ1n) is 22.7. The molecule has 16 heteroatoms. The number of esters is 1. The summed E-state index contributed by atoms with van der Waals surface area (Å²) in [6.07, 6.45) is 8.53. The molecule has 1 amide bonds. The van der Waals surface area contributed by atoms with E-state index in [1.807, 2.05) is 88.2 Å². The third-order valence-corrected chi connectivity index (χ3v) is 13.8. The van der Waals surface area contributed by atoms with E-state index in [2.05, 4.69) is 94.4 Å². The van der Waals surface area contributed by atoms with Crippen LogP contribution in [0.3, 0.4) is 0 Å². The smallest absolute Gasteiger partial charge is 0.340 e. The summed E-state index contributed by atoms with van der Waals surface area (Å²) < 4.78 is 22.2. The lowest BCUT2D eigenvalue weighted by Gasteiger charge is -2.19. The van der Waals surface area contributed by atoms with E-state index in [0.717, 1.165) is 138 Å². The zero-order valence-corrected chi connectivity index (χ0v) is 43.0. The van der Waals surface area contributed by atoms with Gasteiger partial charge in [-0.1, -0.05) is 63.9 Å². The molecule has 3 aromatic carbocycles. The van der Waals surface area contributed by atoms with E-state index in [1.165, 1.54) is 0 Å². The van der Waals surface area contributed by atoms with E-state index in [9.17, 15) is 9.59 Å². The molecule has 4 heterocycles. The molecule has 3 N–H and O–H groups in total. The number of carbonyl (C=O) groups is 2. The Morgan fingerprint density at radius 2 is 1.15 bits per heavy atom. The summed E-state index contributed by atoms with van der Waals surface area (Å²) in [6.45, 7) is 10.4. The second kappa shape index (κ2) is 20.4. The highest BCUT2D eigenvalue weighted by Crippen LogP contribution is 2.41. The van der Waals surface area contributed by atoms with E-state index in [1.54, 1.807) is 14.2 Å². The molecule has 0 radical (unpaired) electrons. The van der Waals surface area contributed by atoms with Crippen LogP contribution in [-0.2, 0) is 57.4 Å². The first-order valence-corrected chi connectivity index (χ1v) is 24.3. The summed E-state index contributed by atoms with van der Waals surface area (Å²) in [6, 6.07) is 17.7. The summed E-state index contributed by atoms with van der Waals surface area (Å²) in [5.74, 6) is 1.98. The molecule has 2 aliphatic rings. The van der Waals surface area contributed by atoms with Gasteiger partial charge in [-0.2, -0.15) is 0 Å². The molecule has 68 heavy (non-hydrogen) atoms. The molecule has 9 rings (SSSR count). The van der Waals surface area contributed by atoms with E-state index < -0.39 is 0 Å². The van der Waals surface area contributed by atoms with Crippen molar-refractivity contribution in [3.05, 3.63) is 132 Å². The van der Waals surface area contributed by atoms with Gasteiger partial charge in [-0.3, -0.25) is 4.79 Å². The Bertz CT molecular complexity index is 3070. The van der Waals surface area contributed by atoms with E-state index in [4.69, 9.17) is 24.2 Å². The second-order valence-corrected chi connectivity index (χ2v) is 18.4. The van der Waals surface area contributed by atoms with Crippen molar-refractivity contribution in [1.29, 1.82) is 0 Å². The minimum Gasteiger partial charge on any atom is -0.495 e. The van der Waals surface area contributed by atoms with Crippen molar-refractivity contribution in [2.75, 3.05) is 36.8 Å². The third-order valence-electron chi connectivity index (χ3n) is 12.8. The average molecular weight is 1050 g/mol. The number of rotatable bonds is 12. The van der Waals surface area contributed by atoms with Crippen molar-refractivity contribution in [3.63, 3.8) is 0 Å². The molecule has 0 saturated heterocycles. The first kappa shape index (κ1) is 48.0. The third kappa shape index (κ3) is 9.23. The number of fused-ring (bicyclic) bond motifs is 6. The van der Waals surface area contributed by atoms with Crippen LogP contribution < -0.4 is 25.4 Å². The van der Waals surface area contributed by atoms with Crippen LogP contribution in [-0.4, -0.2) is 61.8 Å². The van der Waals surface area contributed by atoms with Gasteiger partial charge in [-0.25, -0.2) is 24.7 Å². The van der Waals surface area contributed by atoms with Crippen LogP contribution in [0.2, 0.25) is 0 Å². The molecule has 0 bridgehead atoms. The fourth-order valence-electron chi connectivity index (χ4n) is 9.20. The van der Waals surface area contributed by atoms with Gasteiger partial charge in [0.1, 0.15) is 11.5 Å². The monoisotopic (exact) mass is 1040 g/mol. The molecule has 2 aliphatic carbocycles. The number of amides is 1. The van der Waals surface area contributed by atoms with Crippen LogP contribution >= 0.6 is 31.9 Å². The summed E-state index contributed by atoms with van der Waals surface area (Å²) in [4.78, 5) is 45.1. The topological polar surface area (TPSA) is 159 Å². The van der Waals surface area contributed by atoms with Crippen LogP contribution in [0.1, 0.15) is 86.3 Å². The second-order valence-electron chi connectivity index (χ2n) is 16.6. The lowest BCUT2D eigenvalue weighted by Crippen LogP contribution is -2.18. The predicted octanol–water partition coefficient (Wildman–Crippen LogP) is 11.4. The molecule has 352 valence electrons. The molecule has 4 aromatic heterocycles. The van der Waals surface area contributed by atoms with Gasteiger partial charge in [0, 0.05) is 52.5 Å². The number of benzene rings is 3. The Hall–Kier alpha value is -6.52. The number of aromatic nitrogens is 6. The number of ether oxygens (including phenoxy) is 3. The van der Waals surface area contributed by atoms with Gasteiger partial charge in [0.05, 0.1) is 66.1 Å². The fraction of sp³-hybridized carbons (Fsp3) is 0.308. The summed E-state index contributed by atoms with van der Waals surface area (Å²) in [7, 11) is 7.22. The van der Waals surface area contributed by atoms with Gasteiger partial charge in [-0.05, 0) is 129 Å². The summed E-state index contributed by atoms with van der Waals surface area (Å²) in [5, 5.41) is 9.81. The average Bonchev–Trinajstić information content (AvgIpc) is 3.76. The molecule has 0 atom stereocenters. The Morgan fingerprint density at radius 1 is 0.676 bits per heavy atom. The molecule has 0 fully saturated rings. The van der Waals surface area contributed by atoms with Crippen molar-refractivity contribution in [1.82, 2.24) is 29.1 Å². The SMILES string of the molecule is CCOC(=O)c1c2c(n(C)c1C)-c1nc(Nc3ccc(Br)cc3OC)ncc1CC2.CCc1cccc(CC)c1NC(=O)c1c2c(n(C)c1C)-c1nc(Nc3ccc(Br)cc3OC)ncc1CC2. The van der Waals surface area contributed by atoms with Crippen LogP contribution in [0.5, 0.6) is 11.5 Å². The van der Waals surface area contributed by atoms with Gasteiger partial charge >= 0.3 is 5.97 Å². The minimum atomic E-state index is -0.276. The molecule has 14 nitrogen and oxygen atoms in total. The number of carbonyl (C=O) groups excluding carboxylic acids is 2. The fourth-order valence-corrected chi connectivity index (χ4v) is 9.88. The van der Waals surface area contributed by atoms with E-state index in [0.29, 0.717) is 35.6 Å². The molecular weight excluding hydrogens is 990 g/mol. The maximum Gasteiger partial charge on any atom is 0.340 e. The predicted molar refractivity (Wildman–Crippen MR) is 274 cm³/mol. The van der Waals surface area contributed by atoms with Crippen LogP contribution in [0.15, 0.2) is 75.9 Å². The quantitative estimate of drug-likeness (QED) is 0.1000. The highest BCUT2D eigenvalue weighted by Gasteiger charge is 2.32. The highest BCUT2D eigenvalue weighted by atomic mass is 79.9. The number of nitrogens with one attached hydrogen (secondary N) is 3. The highest BCUT2D eigenvalue weighted by molar-refractivity contribution is 9.10. The van der Waals surface area contributed by atoms with E-state index in [-0.39, 0.29) is 11.9 Å². The standard InChI is InChI=1S/C30H32BrN5O2.C22H23BrN4O3/c1-6-18-9-8-10-19(7-2)26(18)34-29(37)25-17(3)36(4)28-22(25)13-11-20-16-32-30(35-27(20)28)33-23-14-12-21(31)15-24(23)38-5;1-5-30-21(28)18-12(2)27(3)20-15(18)8-6-13-11-24-22(26-19(13)20)25-16-9-7-14(23)10-17(16)29-4/h8-10,12,14-16H,6-7,11,13H2,1-5H3,(H,34,37)(H,32,33,35);7,9-11H,5-6,8H2,1-4H3,(H,24,25,26). The molecular formula is C52H55Br2N9O5. The Kier molecular flexibility index (Phi) is 14.4. The van der Waals surface area contributed by atoms with Gasteiger partial charge in [0.15, 0.2) is 0 Å². The first-order chi connectivity index (χ1) is 32.8. The van der Waals surface area contributed by atoms with Gasteiger partial charge in [-0.15, -0.1) is 0 Å². The molecule has 0 unspecified atom stereocenters. The number of hydrogen-bond donors (Lipinski definition) is 3. The Labute approximate surface area is 413 Å². The maximum atomic E-state index is 13.8. The van der Waals surface area contributed by atoms with Crippen molar-refractivity contribution >= 4 is 72.7 Å². The van der Waals surface area contributed by atoms with Gasteiger partial charge in [0.25, 0.3) is 5.91 Å². The number of anilines is 5. The minimum absolute atomic E-state index is 0.0644. The number of aryl methyl sites for hydroxylation is 4. The number of nitrogens with zero attached hydrogens (tertiary/aromatic N) is 6. The largest absolute Gasteiger partial charge is 0.495 e. The van der Waals surface area contributed by atoms with Crippen molar-refractivity contribution < 1.29 is 23.8 Å². The van der Waals surface area contributed by atoms with Gasteiger partial charge < -0.3 is 39.3 Å². The molecule has 0 aliphatic heterocycles. The molecule has 7 aromatic rings.